The minimum Gasteiger partial charge on any atom is -0.334 e. The fourth-order valence-electron chi connectivity index (χ4n) is 4.06. The normalized spacial score (nSPS) is 52.8. The minimum atomic E-state index is -8.02. The minimum absolute atomic E-state index is 4.90. The van der Waals surface area contributed by atoms with Crippen LogP contribution >= 0.6 is 0 Å². The molecule has 5 unspecified atom stereocenters. The maximum atomic E-state index is 14.5. The second-order valence-corrected chi connectivity index (χ2v) is 6.46. The summed E-state index contributed by atoms with van der Waals surface area (Å²) in [6.07, 6.45) is -7.43. The molecule has 0 saturated heterocycles. The molecule has 0 aliphatic heterocycles. The van der Waals surface area contributed by atoms with E-state index < -0.39 is 63.9 Å². The van der Waals surface area contributed by atoms with Crippen molar-refractivity contribution in [2.45, 2.75) is 58.1 Å². The Morgan fingerprint density at radius 2 is 0.893 bits per heavy atom. The molecule has 0 aromatic carbocycles. The molecule has 0 heterocycles. The molecule has 4 saturated carbocycles. The Labute approximate surface area is 141 Å². The van der Waals surface area contributed by atoms with E-state index in [0.717, 1.165) is 0 Å². The van der Waals surface area contributed by atoms with E-state index in [1.165, 1.54) is 0 Å². The van der Waals surface area contributed by atoms with Gasteiger partial charge in [0.05, 0.1) is 0 Å². The van der Waals surface area contributed by atoms with Crippen molar-refractivity contribution in [2.75, 3.05) is 0 Å². The first-order chi connectivity index (χ1) is 11.9. The fraction of sp³-hybridized carbons (Fsp3) is 0.909. The molecule has 0 amide bonds. The Bertz CT molecular complexity index is 802. The van der Waals surface area contributed by atoms with E-state index in [-0.39, 0.29) is 0 Å². The van der Waals surface area contributed by atoms with E-state index in [1.807, 2.05) is 0 Å². The van der Waals surface area contributed by atoms with Crippen LogP contribution in [0.25, 0.3) is 0 Å². The van der Waals surface area contributed by atoms with Gasteiger partial charge >= 0.3 is 41.1 Å². The van der Waals surface area contributed by atoms with Crippen molar-refractivity contribution in [3.8, 4) is 0 Å². The number of halogens is 15. The lowest BCUT2D eigenvalue weighted by atomic mass is 9.38. The number of carbonyl (C=O) groups is 1. The van der Waals surface area contributed by atoms with E-state index >= 15 is 0 Å². The van der Waals surface area contributed by atoms with Crippen LogP contribution in [0.15, 0.2) is 0 Å². The SMILES string of the molecule is O=C1C2(F)C(F)(F)C3(F)C(F)(F)C1(F)C(F)(C(O)(F)F)C(F)(C2(F)F)C3(F)F. The van der Waals surface area contributed by atoms with Gasteiger partial charge in [-0.25, -0.2) is 22.0 Å². The Kier molecular flexibility index (Phi) is 3.10. The predicted molar refractivity (Wildman–Crippen MR) is 51.2 cm³/mol. The molecule has 17 heteroatoms. The van der Waals surface area contributed by atoms with Crippen LogP contribution in [-0.4, -0.2) is 69.0 Å². The summed E-state index contributed by atoms with van der Waals surface area (Å²) >= 11 is 0. The summed E-state index contributed by atoms with van der Waals surface area (Å²) in [4.78, 5) is 11.4. The van der Waals surface area contributed by atoms with Crippen LogP contribution in [-0.2, 0) is 4.79 Å². The fourth-order valence-corrected chi connectivity index (χ4v) is 4.06. The summed E-state index contributed by atoms with van der Waals surface area (Å²) in [7, 11) is 0. The van der Waals surface area contributed by atoms with Crippen molar-refractivity contribution in [1.29, 1.82) is 0 Å². The summed E-state index contributed by atoms with van der Waals surface area (Å²) in [6, 6.07) is 0. The number of hydrogen-bond donors (Lipinski definition) is 1. The third-order valence-corrected chi connectivity index (χ3v) is 5.45. The maximum absolute atomic E-state index is 14.5. The summed E-state index contributed by atoms with van der Waals surface area (Å²) < 4.78 is 209. The third kappa shape index (κ3) is 1.14. The quantitative estimate of drug-likeness (QED) is 0.624. The van der Waals surface area contributed by atoms with Gasteiger partial charge in [-0.3, -0.25) is 4.79 Å². The predicted octanol–water partition coefficient (Wildman–Crippen LogP) is 3.26. The molecular formula is C11HF15O2. The summed E-state index contributed by atoms with van der Waals surface area (Å²) in [5.74, 6) is -36.2. The zero-order valence-corrected chi connectivity index (χ0v) is 12.0. The standard InChI is InChI=1S/C11HF15O2/c12-2-1(27)3(13)8(19,20)5(15,4(2,14)11(25,26)28)10(23,24)6(16,7(2,17)18)9(3,21)22/h28H. The van der Waals surface area contributed by atoms with E-state index in [2.05, 4.69) is 0 Å². The van der Waals surface area contributed by atoms with Gasteiger partial charge in [-0.15, -0.1) is 0 Å². The zero-order chi connectivity index (χ0) is 22.6. The van der Waals surface area contributed by atoms with Gasteiger partial charge < -0.3 is 5.11 Å². The largest absolute Gasteiger partial charge is 0.395 e. The molecule has 28 heavy (non-hydrogen) atoms. The number of hydrogen-bond acceptors (Lipinski definition) is 2. The Hall–Kier alpha value is -1.42. The average molecular weight is 450 g/mol. The second kappa shape index (κ2) is 4.08. The summed E-state index contributed by atoms with van der Waals surface area (Å²) in [5, 5.41) is 8.18. The molecule has 5 atom stereocenters. The smallest absolute Gasteiger partial charge is 0.334 e. The van der Waals surface area contributed by atoms with Crippen LogP contribution in [0.1, 0.15) is 0 Å². The molecule has 0 radical (unpaired) electrons. The van der Waals surface area contributed by atoms with Crippen LogP contribution in [0.5, 0.6) is 0 Å². The zero-order valence-electron chi connectivity index (χ0n) is 12.0. The van der Waals surface area contributed by atoms with Gasteiger partial charge in [0.25, 0.3) is 17.0 Å². The molecule has 162 valence electrons. The highest BCUT2D eigenvalue weighted by Crippen LogP contribution is 2.86. The molecule has 4 aliphatic carbocycles. The highest BCUT2D eigenvalue weighted by atomic mass is 19.3. The lowest BCUT2D eigenvalue weighted by Gasteiger charge is -2.72. The first-order valence-corrected chi connectivity index (χ1v) is 6.51. The number of rotatable bonds is 1. The van der Waals surface area contributed by atoms with Crippen molar-refractivity contribution in [3.05, 3.63) is 0 Å². The van der Waals surface area contributed by atoms with Gasteiger partial charge in [-0.2, -0.15) is 43.9 Å². The highest BCUT2D eigenvalue weighted by molar-refractivity contribution is 6.04. The average Bonchev–Trinajstić information content (AvgIpc) is 2.51. The van der Waals surface area contributed by atoms with Crippen LogP contribution in [0.4, 0.5) is 65.9 Å². The first kappa shape index (κ1) is 21.3. The highest BCUT2D eigenvalue weighted by Gasteiger charge is 3.21. The van der Waals surface area contributed by atoms with Crippen molar-refractivity contribution in [2.24, 2.45) is 0 Å². The summed E-state index contributed by atoms with van der Waals surface area (Å²) in [5.41, 5.74) is -38.3. The number of aliphatic hydroxyl groups is 1. The molecule has 4 rings (SSSR count). The molecule has 4 fully saturated rings. The van der Waals surface area contributed by atoms with Gasteiger partial charge in [0, 0.05) is 0 Å². The van der Waals surface area contributed by atoms with Gasteiger partial charge in [0.2, 0.25) is 5.78 Å². The van der Waals surface area contributed by atoms with E-state index in [0.29, 0.717) is 0 Å². The van der Waals surface area contributed by atoms with Crippen molar-refractivity contribution in [1.82, 2.24) is 0 Å². The number of Topliss-reactive ketones (excluding diaryl/α,β-unsaturated/α-hetero) is 1. The van der Waals surface area contributed by atoms with Crippen molar-refractivity contribution >= 4 is 5.78 Å². The number of ketones is 1. The van der Waals surface area contributed by atoms with E-state index in [1.54, 1.807) is 0 Å². The Morgan fingerprint density at radius 1 is 0.571 bits per heavy atom. The van der Waals surface area contributed by atoms with Crippen LogP contribution in [0.3, 0.4) is 0 Å². The molecule has 0 spiro atoms. The summed E-state index contributed by atoms with van der Waals surface area (Å²) in [6.45, 7) is 0. The van der Waals surface area contributed by atoms with Crippen LogP contribution in [0.2, 0.25) is 0 Å². The van der Waals surface area contributed by atoms with Crippen molar-refractivity contribution < 1.29 is 75.8 Å². The molecule has 4 bridgehead atoms. The van der Waals surface area contributed by atoms with E-state index in [4.69, 9.17) is 5.11 Å². The Balaban J connectivity index is 2.73. The monoisotopic (exact) mass is 450 g/mol. The lowest BCUT2D eigenvalue weighted by molar-refractivity contribution is -0.553. The maximum Gasteiger partial charge on any atom is 0.395 e. The van der Waals surface area contributed by atoms with Crippen LogP contribution < -0.4 is 0 Å². The topological polar surface area (TPSA) is 37.3 Å². The molecule has 2 nitrogen and oxygen atoms in total. The number of carbonyl (C=O) groups excluding carboxylic acids is 1. The third-order valence-electron chi connectivity index (χ3n) is 5.45. The first-order valence-electron chi connectivity index (χ1n) is 6.51. The van der Waals surface area contributed by atoms with Gasteiger partial charge in [0.1, 0.15) is 0 Å². The molecule has 4 aliphatic rings. The molecule has 0 aromatic heterocycles. The van der Waals surface area contributed by atoms with Gasteiger partial charge in [-0.1, -0.05) is 0 Å². The number of alkyl halides is 15. The van der Waals surface area contributed by atoms with Crippen LogP contribution in [0, 0.1) is 0 Å². The second-order valence-electron chi connectivity index (χ2n) is 6.46. The van der Waals surface area contributed by atoms with E-state index in [9.17, 15) is 70.7 Å². The van der Waals surface area contributed by atoms with Gasteiger partial charge in [0.15, 0.2) is 0 Å². The van der Waals surface area contributed by atoms with Gasteiger partial charge in [-0.05, 0) is 0 Å². The molecule has 0 aromatic rings. The molecular weight excluding hydrogens is 449 g/mol. The Morgan fingerprint density at radius 3 is 1.25 bits per heavy atom. The van der Waals surface area contributed by atoms with Crippen molar-refractivity contribution in [3.63, 3.8) is 0 Å². The molecule has 1 N–H and O–H groups in total. The lowest BCUT2D eigenvalue weighted by Crippen LogP contribution is -3.08.